The quantitative estimate of drug-likeness (QED) is 0.616. The van der Waals surface area contributed by atoms with Gasteiger partial charge >= 0.3 is 12.1 Å². The highest BCUT2D eigenvalue weighted by molar-refractivity contribution is 7.92. The number of hydrogen-bond acceptors (Lipinski definition) is 4. The molecule has 0 radical (unpaired) electrons. The maximum Gasteiger partial charge on any atom is 0.417 e. The second kappa shape index (κ2) is 7.19. The molecule has 6 nitrogen and oxygen atoms in total. The molecule has 3 rings (SSSR count). The number of anilines is 1. The van der Waals surface area contributed by atoms with E-state index in [9.17, 15) is 26.4 Å². The first-order chi connectivity index (χ1) is 13.1. The molecule has 1 aromatic heterocycles. The summed E-state index contributed by atoms with van der Waals surface area (Å²) in [5, 5.41) is 0.493. The van der Waals surface area contributed by atoms with Gasteiger partial charge in [-0.05, 0) is 31.2 Å². The van der Waals surface area contributed by atoms with E-state index in [-0.39, 0.29) is 23.5 Å². The van der Waals surface area contributed by atoms with E-state index in [0.717, 1.165) is 12.1 Å². The Hall–Kier alpha value is -3.01. The number of aromatic nitrogens is 1. The molecule has 0 aliphatic heterocycles. The monoisotopic (exact) mass is 412 g/mol. The zero-order valence-electron chi connectivity index (χ0n) is 14.5. The summed E-state index contributed by atoms with van der Waals surface area (Å²) in [5.41, 5.74) is -0.920. The Kier molecular flexibility index (Phi) is 5.07. The topological polar surface area (TPSA) is 88.3 Å². The molecule has 0 atom stereocenters. The number of alkyl halides is 3. The van der Waals surface area contributed by atoms with Crippen LogP contribution in [0.2, 0.25) is 0 Å². The van der Waals surface area contributed by atoms with E-state index in [4.69, 9.17) is 4.74 Å². The van der Waals surface area contributed by atoms with Crippen molar-refractivity contribution in [2.75, 3.05) is 11.3 Å². The van der Waals surface area contributed by atoms with Crippen molar-refractivity contribution in [2.45, 2.75) is 18.0 Å². The highest BCUT2D eigenvalue weighted by atomic mass is 32.2. The highest BCUT2D eigenvalue weighted by Gasteiger charge is 2.37. The number of aromatic amines is 1. The average Bonchev–Trinajstić information content (AvgIpc) is 3.06. The van der Waals surface area contributed by atoms with E-state index in [2.05, 4.69) is 9.71 Å². The van der Waals surface area contributed by atoms with Gasteiger partial charge in [-0.1, -0.05) is 24.3 Å². The third kappa shape index (κ3) is 3.81. The van der Waals surface area contributed by atoms with Crippen molar-refractivity contribution in [3.8, 4) is 0 Å². The van der Waals surface area contributed by atoms with Gasteiger partial charge in [0.25, 0.3) is 10.0 Å². The molecule has 0 saturated heterocycles. The van der Waals surface area contributed by atoms with E-state index in [1.54, 1.807) is 13.0 Å². The summed E-state index contributed by atoms with van der Waals surface area (Å²) in [7, 11) is -4.55. The number of sulfonamides is 1. The molecule has 0 fully saturated rings. The molecule has 0 aliphatic carbocycles. The van der Waals surface area contributed by atoms with Gasteiger partial charge in [-0.2, -0.15) is 13.2 Å². The van der Waals surface area contributed by atoms with Gasteiger partial charge < -0.3 is 9.72 Å². The molecule has 148 valence electrons. The van der Waals surface area contributed by atoms with Crippen LogP contribution in [0.5, 0.6) is 0 Å². The van der Waals surface area contributed by atoms with Gasteiger partial charge in [0.2, 0.25) is 0 Å². The van der Waals surface area contributed by atoms with E-state index >= 15 is 0 Å². The number of carbonyl (C=O) groups is 1. The minimum Gasteiger partial charge on any atom is -0.461 e. The van der Waals surface area contributed by atoms with Crippen LogP contribution in [0.25, 0.3) is 10.9 Å². The van der Waals surface area contributed by atoms with Crippen LogP contribution in [-0.2, 0) is 20.9 Å². The number of carbonyl (C=O) groups excluding carboxylic acids is 1. The SMILES string of the molecule is CCOC(=O)c1cc2cccc(NS(=O)(=O)c3ccccc3C(F)(F)F)c2[nH]1. The molecule has 0 aliphatic rings. The number of halogens is 3. The molecule has 10 heteroatoms. The van der Waals surface area contributed by atoms with Crippen molar-refractivity contribution < 1.29 is 31.1 Å². The van der Waals surface area contributed by atoms with E-state index in [1.807, 2.05) is 0 Å². The van der Waals surface area contributed by atoms with Gasteiger partial charge in [-0.25, -0.2) is 13.2 Å². The van der Waals surface area contributed by atoms with Gasteiger partial charge in [0, 0.05) is 5.39 Å². The summed E-state index contributed by atoms with van der Waals surface area (Å²) in [6, 6.07) is 9.87. The maximum absolute atomic E-state index is 13.2. The summed E-state index contributed by atoms with van der Waals surface area (Å²) in [6.45, 7) is 1.79. The highest BCUT2D eigenvalue weighted by Crippen LogP contribution is 2.35. The molecule has 0 amide bonds. The van der Waals surface area contributed by atoms with Crippen LogP contribution in [-0.4, -0.2) is 26.0 Å². The molecule has 0 unspecified atom stereocenters. The van der Waals surface area contributed by atoms with Crippen LogP contribution in [0, 0.1) is 0 Å². The van der Waals surface area contributed by atoms with Gasteiger partial charge in [-0.3, -0.25) is 4.72 Å². The van der Waals surface area contributed by atoms with Gasteiger partial charge in [-0.15, -0.1) is 0 Å². The molecule has 3 aromatic rings. The zero-order valence-corrected chi connectivity index (χ0v) is 15.3. The lowest BCUT2D eigenvalue weighted by Gasteiger charge is -2.14. The number of nitrogens with one attached hydrogen (secondary N) is 2. The second-order valence-electron chi connectivity index (χ2n) is 5.77. The summed E-state index contributed by atoms with van der Waals surface area (Å²) in [6.07, 6.45) is -4.83. The summed E-state index contributed by atoms with van der Waals surface area (Å²) in [5.74, 6) is -0.630. The largest absolute Gasteiger partial charge is 0.461 e. The van der Waals surface area contributed by atoms with Crippen molar-refractivity contribution in [3.05, 3.63) is 59.8 Å². The van der Waals surface area contributed by atoms with Crippen molar-refractivity contribution in [1.29, 1.82) is 0 Å². The fourth-order valence-electron chi connectivity index (χ4n) is 2.69. The molecule has 0 saturated carbocycles. The number of rotatable bonds is 5. The lowest BCUT2D eigenvalue weighted by Crippen LogP contribution is -2.19. The number of H-pyrrole nitrogens is 1. The standard InChI is InChI=1S/C18H15F3N2O4S/c1-2-27-17(24)14-10-11-6-5-8-13(16(11)22-14)23-28(25,26)15-9-4-3-7-12(15)18(19,20)21/h3-10,22-23H,2H2,1H3. The molecule has 0 spiro atoms. The fraction of sp³-hybridized carbons (Fsp3) is 0.167. The second-order valence-corrected chi connectivity index (χ2v) is 7.42. The number of para-hydroxylation sites is 1. The Morgan fingerprint density at radius 1 is 1.14 bits per heavy atom. The van der Waals surface area contributed by atoms with Crippen LogP contribution >= 0.6 is 0 Å². The van der Waals surface area contributed by atoms with Crippen molar-refractivity contribution in [2.24, 2.45) is 0 Å². The summed E-state index contributed by atoms with van der Waals surface area (Å²) >= 11 is 0. The smallest absolute Gasteiger partial charge is 0.417 e. The third-order valence-corrected chi connectivity index (χ3v) is 5.30. The first-order valence-corrected chi connectivity index (χ1v) is 9.59. The van der Waals surface area contributed by atoms with Gasteiger partial charge in [0.15, 0.2) is 0 Å². The van der Waals surface area contributed by atoms with Gasteiger partial charge in [0.05, 0.1) is 28.3 Å². The van der Waals surface area contributed by atoms with Crippen molar-refractivity contribution >= 4 is 32.6 Å². The minimum absolute atomic E-state index is 0.00465. The fourth-order valence-corrected chi connectivity index (χ4v) is 4.00. The number of ether oxygens (including phenoxy) is 1. The normalized spacial score (nSPS) is 12.1. The first-order valence-electron chi connectivity index (χ1n) is 8.11. The predicted molar refractivity (Wildman–Crippen MR) is 96.5 cm³/mol. The predicted octanol–water partition coefficient (Wildman–Crippen LogP) is 4.16. The van der Waals surface area contributed by atoms with Crippen LogP contribution in [0.4, 0.5) is 18.9 Å². The molecule has 2 aromatic carbocycles. The molecule has 1 heterocycles. The van der Waals surface area contributed by atoms with Crippen molar-refractivity contribution in [1.82, 2.24) is 4.98 Å². The average molecular weight is 412 g/mol. The maximum atomic E-state index is 13.2. The molecule has 0 bridgehead atoms. The third-order valence-electron chi connectivity index (χ3n) is 3.88. The Bertz CT molecular complexity index is 1140. The van der Waals surface area contributed by atoms with Gasteiger partial charge in [0.1, 0.15) is 5.69 Å². The Morgan fingerprint density at radius 3 is 2.54 bits per heavy atom. The lowest BCUT2D eigenvalue weighted by atomic mass is 10.2. The Labute approximate surface area is 158 Å². The van der Waals surface area contributed by atoms with Crippen molar-refractivity contribution in [3.63, 3.8) is 0 Å². The minimum atomic E-state index is -4.83. The van der Waals surface area contributed by atoms with E-state index < -0.39 is 32.6 Å². The summed E-state index contributed by atoms with van der Waals surface area (Å²) in [4.78, 5) is 13.7. The summed E-state index contributed by atoms with van der Waals surface area (Å²) < 4.78 is 71.9. The van der Waals surface area contributed by atoms with E-state index in [0.29, 0.717) is 11.5 Å². The van der Waals surface area contributed by atoms with Crippen LogP contribution in [0.15, 0.2) is 53.4 Å². The van der Waals surface area contributed by atoms with Crippen LogP contribution in [0.1, 0.15) is 23.0 Å². The molecule has 28 heavy (non-hydrogen) atoms. The van der Waals surface area contributed by atoms with Crippen LogP contribution < -0.4 is 4.72 Å². The number of benzene rings is 2. The molecular weight excluding hydrogens is 397 g/mol. The van der Waals surface area contributed by atoms with E-state index in [1.165, 1.54) is 24.3 Å². The number of esters is 1. The Morgan fingerprint density at radius 2 is 1.86 bits per heavy atom. The van der Waals surface area contributed by atoms with Crippen LogP contribution in [0.3, 0.4) is 0 Å². The Balaban J connectivity index is 2.04. The zero-order chi connectivity index (χ0) is 20.5. The number of fused-ring (bicyclic) bond motifs is 1. The molecular formula is C18H15F3N2O4S. The molecule has 2 N–H and O–H groups in total. The number of hydrogen-bond donors (Lipinski definition) is 2. The first kappa shape index (κ1) is 19.7. The lowest BCUT2D eigenvalue weighted by molar-refractivity contribution is -0.139.